The van der Waals surface area contributed by atoms with Gasteiger partial charge in [0.15, 0.2) is 0 Å². The van der Waals surface area contributed by atoms with Crippen molar-refractivity contribution >= 4 is 31.6 Å². The van der Waals surface area contributed by atoms with Crippen molar-refractivity contribution in [2.24, 2.45) is 0 Å². The van der Waals surface area contributed by atoms with E-state index in [9.17, 15) is 8.42 Å². The molecule has 0 aromatic heterocycles. The summed E-state index contributed by atoms with van der Waals surface area (Å²) in [6.07, 6.45) is 0. The van der Waals surface area contributed by atoms with E-state index in [0.29, 0.717) is 10.2 Å². The zero-order valence-electron chi connectivity index (χ0n) is 12.5. The molecule has 0 N–H and O–H groups in total. The van der Waals surface area contributed by atoms with Crippen molar-refractivity contribution in [3.05, 3.63) is 57.6 Å². The number of rotatable bonds is 3. The predicted octanol–water partition coefficient (Wildman–Crippen LogP) is 4.20. The van der Waals surface area contributed by atoms with Gasteiger partial charge in [-0.2, -0.15) is 0 Å². The lowest BCUT2D eigenvalue weighted by molar-refractivity contribution is 0.594. The van der Waals surface area contributed by atoms with Crippen LogP contribution in [0.4, 0.5) is 5.69 Å². The van der Waals surface area contributed by atoms with E-state index in [1.54, 1.807) is 19.2 Å². The van der Waals surface area contributed by atoms with Crippen molar-refractivity contribution in [3.8, 4) is 0 Å². The third-order valence-electron chi connectivity index (χ3n) is 3.30. The second-order valence-corrected chi connectivity index (χ2v) is 8.04. The summed E-state index contributed by atoms with van der Waals surface area (Å²) in [4.78, 5) is 0.273. The zero-order chi connectivity index (χ0) is 15.8. The number of benzene rings is 2. The molecule has 0 saturated heterocycles. The van der Waals surface area contributed by atoms with Gasteiger partial charge in [-0.1, -0.05) is 12.1 Å². The van der Waals surface area contributed by atoms with Crippen LogP contribution in [0.5, 0.6) is 0 Å². The predicted molar refractivity (Wildman–Crippen MR) is 90.4 cm³/mol. The Morgan fingerprint density at radius 2 is 1.48 bits per heavy atom. The molecule has 0 spiro atoms. The van der Waals surface area contributed by atoms with Crippen molar-refractivity contribution in [3.63, 3.8) is 0 Å². The Labute approximate surface area is 134 Å². The first-order valence-electron chi connectivity index (χ1n) is 6.55. The second kappa shape index (κ2) is 5.81. The highest BCUT2D eigenvalue weighted by molar-refractivity contribution is 9.10. The van der Waals surface area contributed by atoms with Gasteiger partial charge >= 0.3 is 0 Å². The van der Waals surface area contributed by atoms with E-state index in [4.69, 9.17) is 0 Å². The average molecular weight is 368 g/mol. The van der Waals surface area contributed by atoms with Gasteiger partial charge in [0.05, 0.1) is 5.69 Å². The molecule has 0 saturated carbocycles. The number of halogens is 1. The van der Waals surface area contributed by atoms with E-state index in [2.05, 4.69) is 15.9 Å². The Hall–Kier alpha value is -1.33. The number of hydrogen-bond donors (Lipinski definition) is 0. The largest absolute Gasteiger partial charge is 0.269 e. The van der Waals surface area contributed by atoms with Crippen LogP contribution in [-0.4, -0.2) is 15.5 Å². The fourth-order valence-corrected chi connectivity index (χ4v) is 4.56. The number of sulfonamides is 1. The summed E-state index contributed by atoms with van der Waals surface area (Å²) in [6, 6.07) is 11.0. The van der Waals surface area contributed by atoms with E-state index in [1.165, 1.54) is 4.31 Å². The fraction of sp³-hybridized carbons (Fsp3) is 0.250. The molecule has 0 amide bonds. The maximum Gasteiger partial charge on any atom is 0.265 e. The molecule has 0 fully saturated rings. The van der Waals surface area contributed by atoms with E-state index in [0.717, 1.165) is 16.7 Å². The molecular formula is C16H18BrNO2S. The van der Waals surface area contributed by atoms with Gasteiger partial charge in [0, 0.05) is 11.5 Å². The normalized spacial score (nSPS) is 11.5. The quantitative estimate of drug-likeness (QED) is 0.814. The van der Waals surface area contributed by atoms with Gasteiger partial charge < -0.3 is 0 Å². The monoisotopic (exact) mass is 367 g/mol. The van der Waals surface area contributed by atoms with Crippen LogP contribution in [0, 0.1) is 20.8 Å². The summed E-state index contributed by atoms with van der Waals surface area (Å²) in [6.45, 7) is 5.84. The van der Waals surface area contributed by atoms with E-state index in [1.807, 2.05) is 45.0 Å². The zero-order valence-corrected chi connectivity index (χ0v) is 14.9. The maximum absolute atomic E-state index is 12.8. The fourth-order valence-electron chi connectivity index (χ4n) is 2.23. The van der Waals surface area contributed by atoms with Gasteiger partial charge in [-0.3, -0.25) is 4.31 Å². The lowest BCUT2D eigenvalue weighted by atomic mass is 10.1. The Balaban J connectivity index is 2.52. The minimum Gasteiger partial charge on any atom is -0.269 e. The molecule has 0 bridgehead atoms. The molecular weight excluding hydrogens is 350 g/mol. The molecule has 0 aliphatic carbocycles. The summed E-state index contributed by atoms with van der Waals surface area (Å²) in [7, 11) is -2.01. The smallest absolute Gasteiger partial charge is 0.265 e. The second-order valence-electron chi connectivity index (χ2n) is 5.25. The Kier molecular flexibility index (Phi) is 4.44. The minimum absolute atomic E-state index is 0.273. The van der Waals surface area contributed by atoms with Crippen LogP contribution in [0.2, 0.25) is 0 Å². The number of hydrogen-bond acceptors (Lipinski definition) is 2. The van der Waals surface area contributed by atoms with Crippen LogP contribution >= 0.6 is 15.9 Å². The van der Waals surface area contributed by atoms with Gasteiger partial charge in [-0.15, -0.1) is 0 Å². The first-order chi connectivity index (χ1) is 9.71. The summed E-state index contributed by atoms with van der Waals surface area (Å²) in [5, 5.41) is 0. The highest BCUT2D eigenvalue weighted by atomic mass is 79.9. The molecule has 2 rings (SSSR count). The molecule has 3 nitrogen and oxygen atoms in total. The van der Waals surface area contributed by atoms with Gasteiger partial charge in [0.25, 0.3) is 10.0 Å². The summed E-state index contributed by atoms with van der Waals surface area (Å²) in [5.41, 5.74) is 3.75. The van der Waals surface area contributed by atoms with Crippen LogP contribution < -0.4 is 4.31 Å². The van der Waals surface area contributed by atoms with Gasteiger partial charge in [0.2, 0.25) is 0 Å². The third kappa shape index (κ3) is 3.30. The van der Waals surface area contributed by atoms with Crippen molar-refractivity contribution in [2.45, 2.75) is 25.7 Å². The van der Waals surface area contributed by atoms with Crippen LogP contribution in [0.1, 0.15) is 16.7 Å². The lowest BCUT2D eigenvalue weighted by Crippen LogP contribution is -2.27. The summed E-state index contributed by atoms with van der Waals surface area (Å²) in [5.74, 6) is 0. The summed E-state index contributed by atoms with van der Waals surface area (Å²) < 4.78 is 27.5. The van der Waals surface area contributed by atoms with Crippen LogP contribution in [0.3, 0.4) is 0 Å². The van der Waals surface area contributed by atoms with Gasteiger partial charge in [-0.25, -0.2) is 8.42 Å². The molecule has 2 aromatic carbocycles. The maximum atomic E-state index is 12.8. The number of anilines is 1. The molecule has 0 aliphatic rings. The molecule has 112 valence electrons. The van der Waals surface area contributed by atoms with Crippen molar-refractivity contribution in [1.82, 2.24) is 0 Å². The van der Waals surface area contributed by atoms with Crippen LogP contribution in [-0.2, 0) is 10.0 Å². The standard InChI is InChI=1S/C16H18BrNO2S/c1-11-5-6-16(15(17)10-11)21(19,20)18(4)14-8-12(2)7-13(3)9-14/h5-10H,1-4H3. The van der Waals surface area contributed by atoms with E-state index < -0.39 is 10.0 Å². The SMILES string of the molecule is Cc1cc(C)cc(N(C)S(=O)(=O)c2ccc(C)cc2Br)c1. The first-order valence-corrected chi connectivity index (χ1v) is 8.78. The minimum atomic E-state index is -3.59. The highest BCUT2D eigenvalue weighted by Crippen LogP contribution is 2.29. The third-order valence-corrected chi connectivity index (χ3v) is 6.06. The first kappa shape index (κ1) is 16.0. The molecule has 0 heterocycles. The van der Waals surface area contributed by atoms with Gasteiger partial charge in [0.1, 0.15) is 4.90 Å². The molecule has 0 atom stereocenters. The highest BCUT2D eigenvalue weighted by Gasteiger charge is 2.24. The number of nitrogens with zero attached hydrogens (tertiary/aromatic N) is 1. The molecule has 2 aromatic rings. The van der Waals surface area contributed by atoms with Crippen molar-refractivity contribution < 1.29 is 8.42 Å². The Morgan fingerprint density at radius 3 is 2.00 bits per heavy atom. The molecule has 5 heteroatoms. The van der Waals surface area contributed by atoms with Crippen LogP contribution in [0.25, 0.3) is 0 Å². The average Bonchev–Trinajstić information content (AvgIpc) is 2.36. The molecule has 0 radical (unpaired) electrons. The molecule has 21 heavy (non-hydrogen) atoms. The molecule has 0 aliphatic heterocycles. The Bertz CT molecular complexity index is 765. The van der Waals surface area contributed by atoms with Crippen molar-refractivity contribution in [1.29, 1.82) is 0 Å². The van der Waals surface area contributed by atoms with Crippen LogP contribution in [0.15, 0.2) is 45.8 Å². The topological polar surface area (TPSA) is 37.4 Å². The van der Waals surface area contributed by atoms with Crippen molar-refractivity contribution in [2.75, 3.05) is 11.4 Å². The van der Waals surface area contributed by atoms with E-state index >= 15 is 0 Å². The Morgan fingerprint density at radius 1 is 0.905 bits per heavy atom. The van der Waals surface area contributed by atoms with E-state index in [-0.39, 0.29) is 4.90 Å². The summed E-state index contributed by atoms with van der Waals surface area (Å²) >= 11 is 3.35. The van der Waals surface area contributed by atoms with Gasteiger partial charge in [-0.05, 0) is 77.7 Å². The number of aryl methyl sites for hydroxylation is 3. The lowest BCUT2D eigenvalue weighted by Gasteiger charge is -2.21. The molecule has 0 unspecified atom stereocenters.